The molecule has 0 N–H and O–H groups in total. The van der Waals surface area contributed by atoms with E-state index < -0.39 is 0 Å². The highest BCUT2D eigenvalue weighted by Crippen LogP contribution is 2.43. The molecular formula is C16H14ClNO2S. The third-order valence-electron chi connectivity index (χ3n) is 3.37. The Morgan fingerprint density at radius 3 is 2.67 bits per heavy atom. The van der Waals surface area contributed by atoms with Crippen molar-refractivity contribution in [3.63, 3.8) is 0 Å². The number of carbonyl (C=O) groups excluding carboxylic acids is 1. The Morgan fingerprint density at radius 2 is 2.00 bits per heavy atom. The molecule has 2 aromatic rings. The lowest BCUT2D eigenvalue weighted by molar-refractivity contribution is -0.115. The van der Waals surface area contributed by atoms with Gasteiger partial charge in [-0.15, -0.1) is 11.8 Å². The number of nitrogens with zero attached hydrogens (tertiary/aromatic N) is 1. The molecule has 21 heavy (non-hydrogen) atoms. The van der Waals surface area contributed by atoms with Crippen LogP contribution in [-0.2, 0) is 4.79 Å². The lowest BCUT2D eigenvalue weighted by Gasteiger charge is -2.24. The molecule has 1 unspecified atom stereocenters. The van der Waals surface area contributed by atoms with E-state index in [0.29, 0.717) is 16.5 Å². The van der Waals surface area contributed by atoms with Crippen LogP contribution >= 0.6 is 23.4 Å². The first-order chi connectivity index (χ1) is 10.2. The summed E-state index contributed by atoms with van der Waals surface area (Å²) in [5, 5.41) is 0.495. The van der Waals surface area contributed by atoms with Crippen molar-refractivity contribution in [2.45, 2.75) is 5.37 Å². The van der Waals surface area contributed by atoms with E-state index in [1.54, 1.807) is 35.9 Å². The quantitative estimate of drug-likeness (QED) is 0.852. The van der Waals surface area contributed by atoms with Crippen LogP contribution in [0.1, 0.15) is 10.9 Å². The van der Waals surface area contributed by atoms with E-state index in [2.05, 4.69) is 0 Å². The molecule has 108 valence electrons. The van der Waals surface area contributed by atoms with Gasteiger partial charge >= 0.3 is 0 Å². The molecule has 0 spiro atoms. The molecule has 1 heterocycles. The van der Waals surface area contributed by atoms with E-state index in [1.807, 2.05) is 36.4 Å². The number of ether oxygens (including phenoxy) is 1. The third-order valence-corrected chi connectivity index (χ3v) is 4.87. The largest absolute Gasteiger partial charge is 0.495 e. The Bertz CT molecular complexity index is 663. The fourth-order valence-electron chi connectivity index (χ4n) is 2.37. The van der Waals surface area contributed by atoms with E-state index in [9.17, 15) is 4.79 Å². The first-order valence-corrected chi connectivity index (χ1v) is 7.95. The van der Waals surface area contributed by atoms with Gasteiger partial charge < -0.3 is 4.74 Å². The number of benzene rings is 2. The van der Waals surface area contributed by atoms with Crippen LogP contribution in [-0.4, -0.2) is 18.8 Å². The molecule has 1 aliphatic rings. The minimum atomic E-state index is -0.0110. The number of methoxy groups -OCH3 is 1. The molecular weight excluding hydrogens is 306 g/mol. The molecule has 1 fully saturated rings. The van der Waals surface area contributed by atoms with Crippen LogP contribution in [0.5, 0.6) is 5.75 Å². The Balaban J connectivity index is 1.98. The van der Waals surface area contributed by atoms with E-state index >= 15 is 0 Å². The van der Waals surface area contributed by atoms with Gasteiger partial charge in [0.1, 0.15) is 11.1 Å². The molecule has 1 amide bonds. The summed E-state index contributed by atoms with van der Waals surface area (Å²) in [5.41, 5.74) is 1.91. The first kappa shape index (κ1) is 14.3. The van der Waals surface area contributed by atoms with E-state index in [-0.39, 0.29) is 11.3 Å². The zero-order valence-corrected chi connectivity index (χ0v) is 13.0. The van der Waals surface area contributed by atoms with Crippen LogP contribution < -0.4 is 9.64 Å². The highest BCUT2D eigenvalue weighted by Gasteiger charge is 2.34. The lowest BCUT2D eigenvalue weighted by Crippen LogP contribution is -2.27. The number of amides is 1. The maximum absolute atomic E-state index is 12.3. The van der Waals surface area contributed by atoms with Crippen LogP contribution in [0.3, 0.4) is 0 Å². The van der Waals surface area contributed by atoms with Crippen molar-refractivity contribution in [3.05, 3.63) is 59.1 Å². The van der Waals surface area contributed by atoms with Crippen LogP contribution in [0.2, 0.25) is 5.02 Å². The smallest absolute Gasteiger partial charge is 0.238 e. The van der Waals surface area contributed by atoms with Gasteiger partial charge in [0.25, 0.3) is 0 Å². The number of hydrogen-bond acceptors (Lipinski definition) is 3. The molecule has 0 radical (unpaired) electrons. The fourth-order valence-corrected chi connectivity index (χ4v) is 3.80. The Hall–Kier alpha value is -1.65. The molecule has 0 bridgehead atoms. The average molecular weight is 320 g/mol. The fraction of sp³-hybridized carbons (Fsp3) is 0.188. The Kier molecular flexibility index (Phi) is 4.08. The number of hydrogen-bond donors (Lipinski definition) is 0. The van der Waals surface area contributed by atoms with Crippen LogP contribution in [0.25, 0.3) is 0 Å². The third kappa shape index (κ3) is 2.74. The van der Waals surface area contributed by atoms with Gasteiger partial charge in [0, 0.05) is 5.69 Å². The van der Waals surface area contributed by atoms with Crippen molar-refractivity contribution >= 4 is 35.0 Å². The van der Waals surface area contributed by atoms with E-state index in [1.165, 1.54) is 0 Å². The number of anilines is 1. The topological polar surface area (TPSA) is 29.5 Å². The van der Waals surface area contributed by atoms with Gasteiger partial charge in [0.05, 0.1) is 17.9 Å². The van der Waals surface area contributed by atoms with Gasteiger partial charge in [-0.2, -0.15) is 0 Å². The normalized spacial score (nSPS) is 18.1. The van der Waals surface area contributed by atoms with Crippen molar-refractivity contribution in [1.29, 1.82) is 0 Å². The van der Waals surface area contributed by atoms with Crippen molar-refractivity contribution < 1.29 is 9.53 Å². The summed E-state index contributed by atoms with van der Waals surface area (Å²) in [7, 11) is 1.57. The summed E-state index contributed by atoms with van der Waals surface area (Å²) in [6, 6.07) is 15.4. The molecule has 3 nitrogen and oxygen atoms in total. The van der Waals surface area contributed by atoms with Crippen molar-refractivity contribution in [2.24, 2.45) is 0 Å². The minimum Gasteiger partial charge on any atom is -0.495 e. The number of thioether (sulfide) groups is 1. The van der Waals surface area contributed by atoms with Gasteiger partial charge in [-0.3, -0.25) is 9.69 Å². The molecule has 3 rings (SSSR count). The van der Waals surface area contributed by atoms with Gasteiger partial charge in [-0.25, -0.2) is 0 Å². The molecule has 1 aliphatic heterocycles. The van der Waals surface area contributed by atoms with Gasteiger partial charge in [0.15, 0.2) is 0 Å². The molecule has 2 aromatic carbocycles. The van der Waals surface area contributed by atoms with Crippen molar-refractivity contribution in [2.75, 3.05) is 17.8 Å². The molecule has 5 heteroatoms. The summed E-state index contributed by atoms with van der Waals surface area (Å²) in [5.74, 6) is 1.18. The number of carbonyl (C=O) groups is 1. The number of rotatable bonds is 3. The Labute approximate surface area is 132 Å². The predicted molar refractivity (Wildman–Crippen MR) is 87.1 cm³/mol. The lowest BCUT2D eigenvalue weighted by atomic mass is 10.2. The second-order valence-electron chi connectivity index (χ2n) is 4.66. The summed E-state index contributed by atoms with van der Waals surface area (Å²) >= 11 is 7.80. The maximum Gasteiger partial charge on any atom is 0.238 e. The van der Waals surface area contributed by atoms with E-state index in [0.717, 1.165) is 11.3 Å². The van der Waals surface area contributed by atoms with Gasteiger partial charge in [-0.1, -0.05) is 41.9 Å². The molecule has 1 saturated heterocycles. The Morgan fingerprint density at radius 1 is 1.24 bits per heavy atom. The molecule has 0 aromatic heterocycles. The zero-order valence-electron chi connectivity index (χ0n) is 11.5. The van der Waals surface area contributed by atoms with Crippen LogP contribution in [0.15, 0.2) is 48.5 Å². The van der Waals surface area contributed by atoms with Crippen LogP contribution in [0, 0.1) is 0 Å². The number of halogens is 1. The molecule has 1 atom stereocenters. The standard InChI is InChI=1S/C16H14ClNO2S/c1-20-14-8-7-12(9-13(14)17)18-15(19)10-21-16(18)11-5-3-2-4-6-11/h2-9,16H,10H2,1H3. The van der Waals surface area contributed by atoms with Crippen molar-refractivity contribution in [1.82, 2.24) is 0 Å². The summed E-state index contributed by atoms with van der Waals surface area (Å²) < 4.78 is 5.16. The minimum absolute atomic E-state index is 0.0110. The summed E-state index contributed by atoms with van der Waals surface area (Å²) in [6.07, 6.45) is 0. The van der Waals surface area contributed by atoms with Crippen LogP contribution in [0.4, 0.5) is 5.69 Å². The second-order valence-corrected chi connectivity index (χ2v) is 6.13. The zero-order chi connectivity index (χ0) is 14.8. The highest BCUT2D eigenvalue weighted by molar-refractivity contribution is 8.00. The second kappa shape index (κ2) is 6.00. The molecule has 0 aliphatic carbocycles. The van der Waals surface area contributed by atoms with Gasteiger partial charge in [0.2, 0.25) is 5.91 Å². The highest BCUT2D eigenvalue weighted by atomic mass is 35.5. The monoisotopic (exact) mass is 319 g/mol. The maximum atomic E-state index is 12.3. The van der Waals surface area contributed by atoms with Crippen molar-refractivity contribution in [3.8, 4) is 5.75 Å². The van der Waals surface area contributed by atoms with Gasteiger partial charge in [-0.05, 0) is 23.8 Å². The summed E-state index contributed by atoms with van der Waals surface area (Å²) in [6.45, 7) is 0. The predicted octanol–water partition coefficient (Wildman–Crippen LogP) is 4.13. The first-order valence-electron chi connectivity index (χ1n) is 6.53. The SMILES string of the molecule is COc1ccc(N2C(=O)CSC2c2ccccc2)cc1Cl. The summed E-state index contributed by atoms with van der Waals surface area (Å²) in [4.78, 5) is 14.1. The average Bonchev–Trinajstić information content (AvgIpc) is 2.90. The van der Waals surface area contributed by atoms with E-state index in [4.69, 9.17) is 16.3 Å². The molecule has 0 saturated carbocycles.